The highest BCUT2D eigenvalue weighted by molar-refractivity contribution is 7.55. The largest absolute Gasteiger partial charge is 0.450 e. The summed E-state index contributed by atoms with van der Waals surface area (Å²) in [6, 6.07) is 0. The van der Waals surface area contributed by atoms with Gasteiger partial charge in [-0.3, -0.25) is 9.88 Å². The summed E-state index contributed by atoms with van der Waals surface area (Å²) in [6.45, 7) is 4.90. The van der Waals surface area contributed by atoms with Crippen LogP contribution < -0.4 is 5.32 Å². The highest BCUT2D eigenvalue weighted by Gasteiger charge is 2.83. The standard InChI is InChI=1S/C14H24F6NO5P/c1-6-24-11(22)21-12(13(15,16)17,14(18,19)20)27(23,25-7-9(2)3)26-8-10(4)5/h9-10H,6-8H2,1-5H3,(H,21,22). The number of alkyl carbamates (subject to hydrolysis) is 1. The van der Waals surface area contributed by atoms with Gasteiger partial charge in [-0.15, -0.1) is 0 Å². The molecule has 0 aliphatic heterocycles. The lowest BCUT2D eigenvalue weighted by molar-refractivity contribution is -0.280. The number of halogens is 6. The molecule has 0 rings (SSSR count). The summed E-state index contributed by atoms with van der Waals surface area (Å²) in [5, 5.41) is -4.61. The van der Waals surface area contributed by atoms with Gasteiger partial charge in [0.1, 0.15) is 0 Å². The Labute approximate surface area is 153 Å². The van der Waals surface area contributed by atoms with Crippen molar-refractivity contribution in [1.29, 1.82) is 0 Å². The van der Waals surface area contributed by atoms with Crippen LogP contribution in [0.3, 0.4) is 0 Å². The molecular formula is C14H24F6NO5P. The zero-order valence-corrected chi connectivity index (χ0v) is 16.4. The molecule has 162 valence electrons. The van der Waals surface area contributed by atoms with Gasteiger partial charge in [0.25, 0.3) is 0 Å². The molecule has 6 nitrogen and oxygen atoms in total. The van der Waals surface area contributed by atoms with E-state index in [0.717, 1.165) is 0 Å². The quantitative estimate of drug-likeness (QED) is 0.407. The smallest absolute Gasteiger partial charge is 0.432 e. The van der Waals surface area contributed by atoms with Gasteiger partial charge in [-0.1, -0.05) is 27.7 Å². The average molecular weight is 431 g/mol. The zero-order valence-electron chi connectivity index (χ0n) is 15.5. The van der Waals surface area contributed by atoms with Crippen LogP contribution in [0.25, 0.3) is 0 Å². The van der Waals surface area contributed by atoms with Crippen LogP contribution >= 0.6 is 7.60 Å². The van der Waals surface area contributed by atoms with Crippen molar-refractivity contribution in [3.05, 3.63) is 0 Å². The molecule has 0 saturated carbocycles. The van der Waals surface area contributed by atoms with E-state index in [1.807, 2.05) is 0 Å². The second kappa shape index (κ2) is 9.47. The normalized spacial score (nSPS) is 14.0. The molecule has 0 atom stereocenters. The lowest BCUT2D eigenvalue weighted by Crippen LogP contribution is -2.67. The minimum atomic E-state index is -6.26. The van der Waals surface area contributed by atoms with Crippen molar-refractivity contribution in [2.45, 2.75) is 52.3 Å². The summed E-state index contributed by atoms with van der Waals surface area (Å²) in [5.74, 6) is -1.13. The topological polar surface area (TPSA) is 73.9 Å². The van der Waals surface area contributed by atoms with Gasteiger partial charge in [-0.2, -0.15) is 26.3 Å². The van der Waals surface area contributed by atoms with Gasteiger partial charge in [0.05, 0.1) is 19.8 Å². The summed E-state index contributed by atoms with van der Waals surface area (Å²) in [6.07, 6.45) is -14.6. The molecular weight excluding hydrogens is 407 g/mol. The second-order valence-electron chi connectivity index (χ2n) is 6.43. The fraction of sp³-hybridized carbons (Fsp3) is 0.929. The van der Waals surface area contributed by atoms with Gasteiger partial charge in [-0.05, 0) is 18.8 Å². The first-order chi connectivity index (χ1) is 12.0. The molecule has 27 heavy (non-hydrogen) atoms. The fourth-order valence-electron chi connectivity index (χ4n) is 1.72. The van der Waals surface area contributed by atoms with Crippen LogP contribution in [-0.4, -0.2) is 43.5 Å². The number of carbonyl (C=O) groups excluding carboxylic acids is 1. The predicted molar refractivity (Wildman–Crippen MR) is 84.2 cm³/mol. The Kier molecular flexibility index (Phi) is 9.12. The summed E-state index contributed by atoms with van der Waals surface area (Å²) in [7, 11) is -6.05. The molecule has 1 amide bonds. The first-order valence-electron chi connectivity index (χ1n) is 8.01. The number of hydrogen-bond donors (Lipinski definition) is 1. The van der Waals surface area contributed by atoms with Crippen molar-refractivity contribution in [3.63, 3.8) is 0 Å². The van der Waals surface area contributed by atoms with E-state index in [4.69, 9.17) is 0 Å². The number of carbonyl (C=O) groups is 1. The summed E-state index contributed by atoms with van der Waals surface area (Å²) >= 11 is 0. The van der Waals surface area contributed by atoms with E-state index in [0.29, 0.717) is 5.32 Å². The van der Waals surface area contributed by atoms with Crippen molar-refractivity contribution in [2.24, 2.45) is 11.8 Å². The second-order valence-corrected chi connectivity index (χ2v) is 8.61. The lowest BCUT2D eigenvalue weighted by atomic mass is 10.2. The fourth-order valence-corrected chi connectivity index (χ4v) is 4.02. The molecule has 0 bridgehead atoms. The van der Waals surface area contributed by atoms with Crippen molar-refractivity contribution in [1.82, 2.24) is 5.32 Å². The summed E-state index contributed by atoms with van der Waals surface area (Å²) in [5.41, 5.74) is 0. The van der Waals surface area contributed by atoms with E-state index in [2.05, 4.69) is 13.8 Å². The Hall–Kier alpha value is -1.00. The molecule has 0 aromatic carbocycles. The Morgan fingerprint density at radius 2 is 1.30 bits per heavy atom. The maximum Gasteiger partial charge on any atom is 0.432 e. The molecule has 0 aliphatic rings. The number of rotatable bonds is 9. The van der Waals surface area contributed by atoms with Crippen LogP contribution in [0.15, 0.2) is 0 Å². The Morgan fingerprint density at radius 1 is 0.926 bits per heavy atom. The minimum Gasteiger partial charge on any atom is -0.450 e. The molecule has 0 aliphatic carbocycles. The molecule has 0 saturated heterocycles. The van der Waals surface area contributed by atoms with Gasteiger partial charge >= 0.3 is 31.3 Å². The number of alkyl halides is 6. The van der Waals surface area contributed by atoms with Crippen LogP contribution in [0.1, 0.15) is 34.6 Å². The number of amides is 1. The van der Waals surface area contributed by atoms with Crippen molar-refractivity contribution < 1.29 is 49.5 Å². The highest BCUT2D eigenvalue weighted by Crippen LogP contribution is 2.69. The molecule has 0 fully saturated rings. The molecule has 0 heterocycles. The van der Waals surface area contributed by atoms with Crippen LogP contribution in [0, 0.1) is 11.8 Å². The maximum atomic E-state index is 13.7. The summed E-state index contributed by atoms with van der Waals surface area (Å²) in [4.78, 5) is 11.5. The van der Waals surface area contributed by atoms with E-state index < -0.39 is 63.0 Å². The Morgan fingerprint density at radius 3 is 1.56 bits per heavy atom. The molecule has 0 spiro atoms. The van der Waals surface area contributed by atoms with Crippen molar-refractivity contribution >= 4 is 13.7 Å². The highest BCUT2D eigenvalue weighted by atomic mass is 31.2. The van der Waals surface area contributed by atoms with Gasteiger partial charge < -0.3 is 13.8 Å². The lowest BCUT2D eigenvalue weighted by Gasteiger charge is -2.41. The third kappa shape index (κ3) is 6.25. The minimum absolute atomic E-state index is 0.512. The molecule has 0 aromatic rings. The number of hydrogen-bond acceptors (Lipinski definition) is 5. The third-order valence-corrected chi connectivity index (χ3v) is 5.36. The molecule has 0 unspecified atom stereocenters. The molecule has 0 aromatic heterocycles. The van der Waals surface area contributed by atoms with Crippen LogP contribution in [0.2, 0.25) is 0 Å². The number of ether oxygens (including phenoxy) is 1. The molecule has 1 N–H and O–H groups in total. The van der Waals surface area contributed by atoms with Gasteiger partial charge in [0.15, 0.2) is 0 Å². The van der Waals surface area contributed by atoms with Gasteiger partial charge in [-0.25, -0.2) is 4.79 Å². The van der Waals surface area contributed by atoms with Crippen LogP contribution in [-0.2, 0) is 18.3 Å². The zero-order chi connectivity index (χ0) is 21.7. The Balaban J connectivity index is 6.55. The van der Waals surface area contributed by atoms with Gasteiger partial charge in [0, 0.05) is 0 Å². The molecule has 0 radical (unpaired) electrons. The van der Waals surface area contributed by atoms with Crippen molar-refractivity contribution in [2.75, 3.05) is 19.8 Å². The van der Waals surface area contributed by atoms with E-state index >= 15 is 0 Å². The average Bonchev–Trinajstić information content (AvgIpc) is 2.46. The monoisotopic (exact) mass is 431 g/mol. The molecule has 13 heteroatoms. The SMILES string of the molecule is CCOC(=O)NC(C(F)(F)F)(C(F)(F)F)P(=O)(OCC(C)C)OCC(C)C. The van der Waals surface area contributed by atoms with E-state index in [9.17, 15) is 35.7 Å². The summed E-state index contributed by atoms with van der Waals surface area (Å²) < 4.78 is 108. The van der Waals surface area contributed by atoms with Gasteiger partial charge in [0.2, 0.25) is 0 Å². The number of nitrogens with one attached hydrogen (secondary N) is 1. The first kappa shape index (κ1) is 26.0. The predicted octanol–water partition coefficient (Wildman–Crippen LogP) is 5.09. The maximum absolute atomic E-state index is 13.7. The van der Waals surface area contributed by atoms with Crippen LogP contribution in [0.4, 0.5) is 31.1 Å². The third-order valence-electron chi connectivity index (χ3n) is 2.95. The van der Waals surface area contributed by atoms with Crippen molar-refractivity contribution in [3.8, 4) is 0 Å². The van der Waals surface area contributed by atoms with E-state index in [1.165, 1.54) is 34.6 Å². The Bertz CT molecular complexity index is 505. The van der Waals surface area contributed by atoms with E-state index in [1.54, 1.807) is 0 Å². The van der Waals surface area contributed by atoms with Crippen LogP contribution in [0.5, 0.6) is 0 Å². The first-order valence-corrected chi connectivity index (χ1v) is 9.56. The van der Waals surface area contributed by atoms with E-state index in [-0.39, 0.29) is 0 Å².